The normalized spacial score (nSPS) is 9.87. The van der Waals surface area contributed by atoms with Gasteiger partial charge < -0.3 is 4.40 Å². The summed E-state index contributed by atoms with van der Waals surface area (Å²) in [4.78, 5) is 4.13. The lowest BCUT2D eigenvalue weighted by Crippen LogP contribution is -1.91. The average molecular weight is 208 g/mol. The zero-order chi connectivity index (χ0) is 11.3. The summed E-state index contributed by atoms with van der Waals surface area (Å²) >= 11 is 0. The second-order valence-corrected chi connectivity index (χ2v) is 3.39. The highest BCUT2D eigenvalue weighted by atomic mass is 19.1. The minimum atomic E-state index is -0.227. The zero-order valence-corrected chi connectivity index (χ0v) is 9.50. The van der Waals surface area contributed by atoms with Gasteiger partial charge in [0.25, 0.3) is 0 Å². The van der Waals surface area contributed by atoms with Crippen molar-refractivity contribution >= 4 is 5.65 Å². The molecule has 82 valence electrons. The lowest BCUT2D eigenvalue weighted by atomic mass is 10.3. The molecule has 0 aliphatic rings. The molecule has 0 radical (unpaired) electrons. The van der Waals surface area contributed by atoms with Gasteiger partial charge in [-0.05, 0) is 18.6 Å². The fourth-order valence-corrected chi connectivity index (χ4v) is 1.27. The Bertz CT molecular complexity index is 420. The Morgan fingerprint density at radius 1 is 1.27 bits per heavy atom. The summed E-state index contributed by atoms with van der Waals surface area (Å²) in [7, 11) is 0. The summed E-state index contributed by atoms with van der Waals surface area (Å²) < 4.78 is 14.6. The Kier molecular flexibility index (Phi) is 4.28. The van der Waals surface area contributed by atoms with Crippen LogP contribution in [0.25, 0.3) is 5.65 Å². The predicted octanol–water partition coefficient (Wildman–Crippen LogP) is 3.45. The largest absolute Gasteiger partial charge is 0.301 e. The van der Waals surface area contributed by atoms with E-state index in [0.29, 0.717) is 0 Å². The molecular formula is C12H17FN2. The highest BCUT2D eigenvalue weighted by Crippen LogP contribution is 2.08. The van der Waals surface area contributed by atoms with Gasteiger partial charge in [0.1, 0.15) is 11.5 Å². The van der Waals surface area contributed by atoms with Crippen molar-refractivity contribution in [1.29, 1.82) is 0 Å². The van der Waals surface area contributed by atoms with Crippen molar-refractivity contribution in [2.45, 2.75) is 33.6 Å². The van der Waals surface area contributed by atoms with Gasteiger partial charge in [0.2, 0.25) is 0 Å². The van der Waals surface area contributed by atoms with Crippen LogP contribution in [0.1, 0.15) is 32.9 Å². The Morgan fingerprint density at radius 3 is 2.53 bits per heavy atom. The summed E-state index contributed by atoms with van der Waals surface area (Å²) in [6, 6.07) is 3.09. The molecule has 0 spiro atoms. The molecule has 2 rings (SSSR count). The third-order valence-electron chi connectivity index (χ3n) is 1.91. The van der Waals surface area contributed by atoms with Gasteiger partial charge in [-0.3, -0.25) is 0 Å². The van der Waals surface area contributed by atoms with E-state index in [1.807, 2.05) is 6.92 Å². The van der Waals surface area contributed by atoms with Crippen LogP contribution in [-0.4, -0.2) is 9.38 Å². The number of fused-ring (bicyclic) bond motifs is 1. The molecule has 2 nitrogen and oxygen atoms in total. The zero-order valence-electron chi connectivity index (χ0n) is 9.50. The lowest BCUT2D eigenvalue weighted by Gasteiger charge is -1.96. The molecule has 0 aromatic carbocycles. The summed E-state index contributed by atoms with van der Waals surface area (Å²) in [5.74, 6) is -0.227. The van der Waals surface area contributed by atoms with E-state index in [1.165, 1.54) is 18.7 Å². The molecule has 15 heavy (non-hydrogen) atoms. The van der Waals surface area contributed by atoms with Crippen molar-refractivity contribution in [2.75, 3.05) is 0 Å². The molecule has 0 atom stereocenters. The van der Waals surface area contributed by atoms with E-state index < -0.39 is 0 Å². The number of rotatable bonds is 1. The fourth-order valence-electron chi connectivity index (χ4n) is 1.27. The van der Waals surface area contributed by atoms with E-state index in [4.69, 9.17) is 0 Å². The second kappa shape index (κ2) is 5.49. The second-order valence-electron chi connectivity index (χ2n) is 3.39. The molecule has 2 heterocycles. The highest BCUT2D eigenvalue weighted by Gasteiger charge is 2.00. The molecule has 0 aliphatic heterocycles. The van der Waals surface area contributed by atoms with Gasteiger partial charge in [0, 0.05) is 18.1 Å². The van der Waals surface area contributed by atoms with Gasteiger partial charge in [0.05, 0.1) is 0 Å². The number of aryl methyl sites for hydroxylation is 1. The lowest BCUT2D eigenvalue weighted by molar-refractivity contribution is 0.618. The summed E-state index contributed by atoms with van der Waals surface area (Å²) in [5, 5.41) is 0. The molecular weight excluding hydrogens is 191 g/mol. The molecule has 0 N–H and O–H groups in total. The summed E-state index contributed by atoms with van der Waals surface area (Å²) in [6.45, 7) is 6.27. The molecule has 0 saturated heterocycles. The molecule has 0 amide bonds. The van der Waals surface area contributed by atoms with E-state index in [9.17, 15) is 4.39 Å². The van der Waals surface area contributed by atoms with Gasteiger partial charge in [-0.2, -0.15) is 0 Å². The minimum absolute atomic E-state index is 0.227. The van der Waals surface area contributed by atoms with Crippen LogP contribution < -0.4 is 0 Å². The molecule has 0 bridgehead atoms. The molecule has 2 aromatic rings. The first-order chi connectivity index (χ1) is 7.22. The molecule has 0 aliphatic carbocycles. The molecule has 2 aromatic heterocycles. The van der Waals surface area contributed by atoms with Gasteiger partial charge in [0.15, 0.2) is 0 Å². The quantitative estimate of drug-likeness (QED) is 0.701. The average Bonchev–Trinajstić information content (AvgIpc) is 2.61. The van der Waals surface area contributed by atoms with Crippen LogP contribution in [0.4, 0.5) is 4.39 Å². The Morgan fingerprint density at radius 2 is 1.93 bits per heavy atom. The van der Waals surface area contributed by atoms with Crippen molar-refractivity contribution in [3.05, 3.63) is 36.0 Å². The standard InChI is InChI=1S/C9H9FN2.C3H8/c1-2-8-5-11-9-4-3-7(10)6-12(8)9;1-3-2/h3-6H,2H2,1H3;3H2,1-2H3. The predicted molar refractivity (Wildman–Crippen MR) is 60.5 cm³/mol. The van der Waals surface area contributed by atoms with Crippen molar-refractivity contribution in [3.8, 4) is 0 Å². The SMILES string of the molecule is CCC.CCc1cnc2ccc(F)cn12. The Labute approximate surface area is 89.8 Å². The van der Waals surface area contributed by atoms with E-state index in [-0.39, 0.29) is 5.82 Å². The summed E-state index contributed by atoms with van der Waals surface area (Å²) in [6.07, 6.45) is 5.35. The van der Waals surface area contributed by atoms with Crippen LogP contribution in [-0.2, 0) is 6.42 Å². The van der Waals surface area contributed by atoms with Crippen LogP contribution in [0.15, 0.2) is 24.5 Å². The number of pyridine rings is 1. The van der Waals surface area contributed by atoms with E-state index in [1.54, 1.807) is 16.7 Å². The summed E-state index contributed by atoms with van der Waals surface area (Å²) in [5.41, 5.74) is 1.83. The topological polar surface area (TPSA) is 17.3 Å². The van der Waals surface area contributed by atoms with E-state index in [2.05, 4.69) is 18.8 Å². The van der Waals surface area contributed by atoms with Gasteiger partial charge in [-0.25, -0.2) is 9.37 Å². The van der Waals surface area contributed by atoms with Crippen molar-refractivity contribution in [1.82, 2.24) is 9.38 Å². The van der Waals surface area contributed by atoms with Crippen LogP contribution in [0, 0.1) is 5.82 Å². The monoisotopic (exact) mass is 208 g/mol. The van der Waals surface area contributed by atoms with Crippen LogP contribution in [0.2, 0.25) is 0 Å². The van der Waals surface area contributed by atoms with Gasteiger partial charge in [-0.15, -0.1) is 0 Å². The van der Waals surface area contributed by atoms with Gasteiger partial charge >= 0.3 is 0 Å². The van der Waals surface area contributed by atoms with Crippen LogP contribution in [0.3, 0.4) is 0 Å². The van der Waals surface area contributed by atoms with Gasteiger partial charge in [-0.1, -0.05) is 27.2 Å². The molecule has 3 heteroatoms. The van der Waals surface area contributed by atoms with E-state index in [0.717, 1.165) is 17.8 Å². The molecule has 0 unspecified atom stereocenters. The number of imidazole rings is 1. The number of nitrogens with zero attached hydrogens (tertiary/aromatic N) is 2. The first kappa shape index (κ1) is 11.7. The van der Waals surface area contributed by atoms with Crippen LogP contribution in [0.5, 0.6) is 0 Å². The van der Waals surface area contributed by atoms with Crippen molar-refractivity contribution < 1.29 is 4.39 Å². The number of hydrogen-bond donors (Lipinski definition) is 0. The van der Waals surface area contributed by atoms with Crippen molar-refractivity contribution in [3.63, 3.8) is 0 Å². The third-order valence-corrected chi connectivity index (χ3v) is 1.91. The van der Waals surface area contributed by atoms with E-state index >= 15 is 0 Å². The number of halogens is 1. The van der Waals surface area contributed by atoms with Crippen LogP contribution >= 0.6 is 0 Å². The first-order valence-corrected chi connectivity index (χ1v) is 5.34. The Balaban J connectivity index is 0.000000337. The Hall–Kier alpha value is -1.38. The molecule has 0 fully saturated rings. The maximum absolute atomic E-state index is 12.8. The maximum atomic E-state index is 12.8. The number of aromatic nitrogens is 2. The number of hydrogen-bond acceptors (Lipinski definition) is 1. The third kappa shape index (κ3) is 2.78. The molecule has 0 saturated carbocycles. The highest BCUT2D eigenvalue weighted by molar-refractivity contribution is 5.40. The maximum Gasteiger partial charge on any atom is 0.139 e. The van der Waals surface area contributed by atoms with Crippen molar-refractivity contribution in [2.24, 2.45) is 0 Å². The fraction of sp³-hybridized carbons (Fsp3) is 0.417. The minimum Gasteiger partial charge on any atom is -0.301 e. The first-order valence-electron chi connectivity index (χ1n) is 5.34. The smallest absolute Gasteiger partial charge is 0.139 e.